The Hall–Kier alpha value is -3.06. The van der Waals surface area contributed by atoms with E-state index in [0.29, 0.717) is 34.2 Å². The number of ether oxygens (including phenoxy) is 2. The van der Waals surface area contributed by atoms with Crippen LogP contribution in [0.3, 0.4) is 0 Å². The zero-order valence-corrected chi connectivity index (χ0v) is 15.1. The van der Waals surface area contributed by atoms with E-state index < -0.39 is 0 Å². The van der Waals surface area contributed by atoms with Gasteiger partial charge in [-0.2, -0.15) is 0 Å². The first-order valence-electron chi connectivity index (χ1n) is 7.79. The molecule has 0 saturated heterocycles. The molecule has 3 aromatic rings. The van der Waals surface area contributed by atoms with Gasteiger partial charge in [0.1, 0.15) is 11.5 Å². The second-order valence-electron chi connectivity index (χ2n) is 5.32. The van der Waals surface area contributed by atoms with Crippen LogP contribution >= 0.6 is 11.3 Å². The summed E-state index contributed by atoms with van der Waals surface area (Å²) in [6.07, 6.45) is 1.46. The maximum Gasteiger partial charge on any atom is 0.255 e. The van der Waals surface area contributed by atoms with Gasteiger partial charge in [0.15, 0.2) is 5.76 Å². The van der Waals surface area contributed by atoms with Gasteiger partial charge in [-0.15, -0.1) is 11.3 Å². The van der Waals surface area contributed by atoms with Crippen LogP contribution in [0, 0.1) is 0 Å². The van der Waals surface area contributed by atoms with Crippen molar-refractivity contribution in [3.63, 3.8) is 0 Å². The van der Waals surface area contributed by atoms with Crippen molar-refractivity contribution in [1.82, 2.24) is 5.32 Å². The molecule has 1 aromatic carbocycles. The van der Waals surface area contributed by atoms with Gasteiger partial charge >= 0.3 is 0 Å². The van der Waals surface area contributed by atoms with Crippen molar-refractivity contribution in [2.45, 2.75) is 6.54 Å². The summed E-state index contributed by atoms with van der Waals surface area (Å²) in [5.41, 5.74) is 0.414. The summed E-state index contributed by atoms with van der Waals surface area (Å²) in [6, 6.07) is 11.8. The molecule has 7 heteroatoms. The lowest BCUT2D eigenvalue weighted by molar-refractivity contribution is 0.0947. The van der Waals surface area contributed by atoms with Gasteiger partial charge in [-0.1, -0.05) is 0 Å². The Bertz CT molecular complexity index is 914. The number of carbonyl (C=O) groups excluding carboxylic acids is 2. The fourth-order valence-corrected chi connectivity index (χ4v) is 3.27. The molecule has 0 atom stereocenters. The molecule has 134 valence electrons. The van der Waals surface area contributed by atoms with Crippen molar-refractivity contribution in [3.05, 3.63) is 69.8 Å². The summed E-state index contributed by atoms with van der Waals surface area (Å²) in [7, 11) is 3.05. The number of benzene rings is 1. The number of rotatable bonds is 7. The Kier molecular flexibility index (Phi) is 5.38. The second kappa shape index (κ2) is 7.88. The minimum atomic E-state index is -0.267. The Morgan fingerprint density at radius 3 is 2.65 bits per heavy atom. The van der Waals surface area contributed by atoms with Gasteiger partial charge in [-0.3, -0.25) is 9.59 Å². The maximum absolute atomic E-state index is 12.4. The summed E-state index contributed by atoms with van der Waals surface area (Å²) in [5, 5.41) is 2.83. The molecule has 0 aliphatic rings. The number of methoxy groups -OCH3 is 2. The van der Waals surface area contributed by atoms with Gasteiger partial charge < -0.3 is 19.2 Å². The third-order valence-electron chi connectivity index (χ3n) is 3.71. The van der Waals surface area contributed by atoms with Crippen LogP contribution < -0.4 is 14.8 Å². The van der Waals surface area contributed by atoms with E-state index in [1.807, 2.05) is 6.07 Å². The number of hydrogen-bond acceptors (Lipinski definition) is 6. The van der Waals surface area contributed by atoms with Crippen LogP contribution in [0.25, 0.3) is 0 Å². The average Bonchev–Trinajstić information content (AvgIpc) is 3.37. The predicted octanol–water partition coefficient (Wildman–Crippen LogP) is 3.52. The minimum absolute atomic E-state index is 0.172. The van der Waals surface area contributed by atoms with E-state index in [1.165, 1.54) is 24.7 Å². The average molecular weight is 371 g/mol. The number of hydrogen-bond donors (Lipinski definition) is 1. The molecule has 0 bridgehead atoms. The predicted molar refractivity (Wildman–Crippen MR) is 97.2 cm³/mol. The van der Waals surface area contributed by atoms with E-state index in [1.54, 1.807) is 43.5 Å². The van der Waals surface area contributed by atoms with Crippen LogP contribution in [0.15, 0.2) is 53.1 Å². The van der Waals surface area contributed by atoms with Crippen molar-refractivity contribution in [1.29, 1.82) is 0 Å². The monoisotopic (exact) mass is 371 g/mol. The van der Waals surface area contributed by atoms with E-state index in [9.17, 15) is 9.59 Å². The summed E-state index contributed by atoms with van der Waals surface area (Å²) in [5.74, 6) is 0.899. The summed E-state index contributed by atoms with van der Waals surface area (Å²) < 4.78 is 15.5. The number of ketones is 1. The van der Waals surface area contributed by atoms with E-state index in [0.717, 1.165) is 4.88 Å². The SMILES string of the molecule is COc1ccc(C(=O)NCc2ccc(C(=O)c3ccco3)s2)c(OC)c1. The Labute approximate surface area is 154 Å². The van der Waals surface area contributed by atoms with Crippen LogP contribution in [0.1, 0.15) is 30.7 Å². The number of amides is 1. The van der Waals surface area contributed by atoms with Crippen LogP contribution in [-0.4, -0.2) is 25.9 Å². The highest BCUT2D eigenvalue weighted by molar-refractivity contribution is 7.14. The summed E-state index contributed by atoms with van der Waals surface area (Å²) in [6.45, 7) is 0.310. The van der Waals surface area contributed by atoms with Gasteiger partial charge in [-0.25, -0.2) is 0 Å². The topological polar surface area (TPSA) is 77.8 Å². The van der Waals surface area contributed by atoms with E-state index in [2.05, 4.69) is 5.32 Å². The molecular formula is C19H17NO5S. The van der Waals surface area contributed by atoms with Crippen molar-refractivity contribution in [2.75, 3.05) is 14.2 Å². The van der Waals surface area contributed by atoms with Crippen LogP contribution in [0.5, 0.6) is 11.5 Å². The standard InChI is InChI=1S/C19H17NO5S/c1-23-12-5-7-14(16(10-12)24-2)19(22)20-11-13-6-8-17(26-13)18(21)15-4-3-9-25-15/h3-10H,11H2,1-2H3,(H,20,22). The lowest BCUT2D eigenvalue weighted by Gasteiger charge is -2.10. The number of furan rings is 1. The van der Waals surface area contributed by atoms with E-state index >= 15 is 0 Å². The molecule has 3 rings (SSSR count). The quantitative estimate of drug-likeness (QED) is 0.643. The lowest BCUT2D eigenvalue weighted by Crippen LogP contribution is -2.22. The van der Waals surface area contributed by atoms with E-state index in [4.69, 9.17) is 13.9 Å². The first-order chi connectivity index (χ1) is 12.6. The maximum atomic E-state index is 12.4. The largest absolute Gasteiger partial charge is 0.497 e. The van der Waals surface area contributed by atoms with Gasteiger partial charge in [0.2, 0.25) is 5.78 Å². The summed E-state index contributed by atoms with van der Waals surface area (Å²) >= 11 is 1.32. The Balaban J connectivity index is 1.66. The molecule has 1 N–H and O–H groups in total. The fraction of sp³-hybridized carbons (Fsp3) is 0.158. The number of thiophene rings is 1. The third kappa shape index (κ3) is 3.78. The molecule has 2 aromatic heterocycles. The molecular weight excluding hydrogens is 354 g/mol. The van der Waals surface area contributed by atoms with Gasteiger partial charge in [0, 0.05) is 10.9 Å². The molecule has 2 heterocycles. The zero-order valence-electron chi connectivity index (χ0n) is 14.3. The lowest BCUT2D eigenvalue weighted by atomic mass is 10.1. The molecule has 0 aliphatic heterocycles. The van der Waals surface area contributed by atoms with Crippen molar-refractivity contribution < 1.29 is 23.5 Å². The molecule has 0 spiro atoms. The highest BCUT2D eigenvalue weighted by atomic mass is 32.1. The second-order valence-corrected chi connectivity index (χ2v) is 6.49. The smallest absolute Gasteiger partial charge is 0.255 e. The minimum Gasteiger partial charge on any atom is -0.497 e. The molecule has 0 fully saturated rings. The van der Waals surface area contributed by atoms with Crippen molar-refractivity contribution >= 4 is 23.0 Å². The van der Waals surface area contributed by atoms with E-state index in [-0.39, 0.29) is 11.7 Å². The van der Waals surface area contributed by atoms with Gasteiger partial charge in [0.05, 0.1) is 37.5 Å². The van der Waals surface area contributed by atoms with Gasteiger partial charge in [0.25, 0.3) is 5.91 Å². The van der Waals surface area contributed by atoms with Gasteiger partial charge in [-0.05, 0) is 36.4 Å². The van der Waals surface area contributed by atoms with Crippen LogP contribution in [-0.2, 0) is 6.54 Å². The highest BCUT2D eigenvalue weighted by Crippen LogP contribution is 2.25. The molecule has 0 aliphatic carbocycles. The van der Waals surface area contributed by atoms with Crippen LogP contribution in [0.4, 0.5) is 0 Å². The van der Waals surface area contributed by atoms with Crippen molar-refractivity contribution in [3.8, 4) is 11.5 Å². The number of nitrogens with one attached hydrogen (secondary N) is 1. The first-order valence-corrected chi connectivity index (χ1v) is 8.61. The molecule has 6 nitrogen and oxygen atoms in total. The molecule has 26 heavy (non-hydrogen) atoms. The fourth-order valence-electron chi connectivity index (χ4n) is 2.37. The molecule has 0 saturated carbocycles. The Morgan fingerprint density at radius 1 is 1.12 bits per heavy atom. The molecule has 1 amide bonds. The van der Waals surface area contributed by atoms with Crippen molar-refractivity contribution in [2.24, 2.45) is 0 Å². The normalized spacial score (nSPS) is 10.4. The number of carbonyl (C=O) groups is 2. The first kappa shape index (κ1) is 17.8. The zero-order chi connectivity index (χ0) is 18.5. The molecule has 0 radical (unpaired) electrons. The third-order valence-corrected chi connectivity index (χ3v) is 4.79. The molecule has 0 unspecified atom stereocenters. The highest BCUT2D eigenvalue weighted by Gasteiger charge is 2.16. The Morgan fingerprint density at radius 2 is 1.96 bits per heavy atom. The van der Waals surface area contributed by atoms with Crippen LogP contribution in [0.2, 0.25) is 0 Å². The summed E-state index contributed by atoms with van der Waals surface area (Å²) in [4.78, 5) is 26.1.